The van der Waals surface area contributed by atoms with Gasteiger partial charge in [0.05, 0.1) is 11.3 Å². The van der Waals surface area contributed by atoms with Gasteiger partial charge in [-0.05, 0) is 62.6 Å². The lowest BCUT2D eigenvalue weighted by Gasteiger charge is -2.35. The minimum atomic E-state index is -4.72. The number of halogens is 4. The third-order valence-electron chi connectivity index (χ3n) is 7.12. The number of rotatable bonds is 6. The van der Waals surface area contributed by atoms with Crippen molar-refractivity contribution in [2.24, 2.45) is 0 Å². The van der Waals surface area contributed by atoms with Crippen LogP contribution in [0.2, 0.25) is 0 Å². The van der Waals surface area contributed by atoms with Crippen molar-refractivity contribution < 1.29 is 22.4 Å². The summed E-state index contributed by atoms with van der Waals surface area (Å²) >= 11 is 0. The lowest BCUT2D eigenvalue weighted by molar-refractivity contribution is -0.140. The monoisotopic (exact) mass is 544 g/mol. The fourth-order valence-corrected chi connectivity index (χ4v) is 4.95. The molecule has 13 heteroatoms. The number of fused-ring (bicyclic) bond motifs is 1. The van der Waals surface area contributed by atoms with Crippen LogP contribution in [0.15, 0.2) is 30.3 Å². The smallest absolute Gasteiger partial charge is 0.340 e. The molecular formula is C26H28F4N8O. The number of piperazine rings is 1. The van der Waals surface area contributed by atoms with Gasteiger partial charge in [-0.25, -0.2) is 9.07 Å². The topological polar surface area (TPSA) is 84.4 Å². The summed E-state index contributed by atoms with van der Waals surface area (Å²) in [5.74, 6) is 0.0628. The van der Waals surface area contributed by atoms with Gasteiger partial charge < -0.3 is 4.90 Å². The van der Waals surface area contributed by atoms with Crippen LogP contribution >= 0.6 is 0 Å². The molecule has 4 aromatic rings. The number of nitrogens with zero attached hydrogens (tertiary/aromatic N) is 8. The molecule has 39 heavy (non-hydrogen) atoms. The second kappa shape index (κ2) is 10.4. The van der Waals surface area contributed by atoms with Crippen molar-refractivity contribution >= 4 is 11.6 Å². The van der Waals surface area contributed by atoms with Gasteiger partial charge in [-0.15, -0.1) is 15.3 Å². The average Bonchev–Trinajstić information content (AvgIpc) is 3.40. The molecule has 0 atom stereocenters. The molecule has 5 rings (SSSR count). The van der Waals surface area contributed by atoms with Crippen LogP contribution in [0.25, 0.3) is 11.5 Å². The Morgan fingerprint density at radius 2 is 1.72 bits per heavy atom. The summed E-state index contributed by atoms with van der Waals surface area (Å²) in [5.41, 5.74) is 2.59. The lowest BCUT2D eigenvalue weighted by atomic mass is 10.1. The van der Waals surface area contributed by atoms with Crippen LogP contribution in [0.4, 0.5) is 17.6 Å². The number of hydrogen-bond donors (Lipinski definition) is 0. The second-order valence-corrected chi connectivity index (χ2v) is 9.74. The first kappa shape index (κ1) is 26.7. The molecule has 0 radical (unpaired) electrons. The molecule has 0 N–H and O–H groups in total. The molecular weight excluding hydrogens is 516 g/mol. The SMILES string of the molecule is Cc1nn(-c2ccc3nnc(C)n3n2)c(C)c1CCC(=O)N1CCN(Cc2ccc(C(F)(F)F)c(F)c2)CC1. The van der Waals surface area contributed by atoms with E-state index in [1.54, 1.807) is 14.1 Å². The first-order chi connectivity index (χ1) is 18.5. The molecule has 9 nitrogen and oxygen atoms in total. The van der Waals surface area contributed by atoms with Gasteiger partial charge in [0.25, 0.3) is 0 Å². The van der Waals surface area contributed by atoms with Gasteiger partial charge in [-0.1, -0.05) is 6.07 Å². The number of carbonyl (C=O) groups excluding carboxylic acids is 1. The summed E-state index contributed by atoms with van der Waals surface area (Å²) in [6, 6.07) is 6.68. The van der Waals surface area contributed by atoms with Crippen molar-refractivity contribution in [3.63, 3.8) is 0 Å². The van der Waals surface area contributed by atoms with E-state index in [0.29, 0.717) is 68.4 Å². The predicted octanol–water partition coefficient (Wildman–Crippen LogP) is 3.67. The van der Waals surface area contributed by atoms with Crippen LogP contribution in [-0.2, 0) is 23.9 Å². The summed E-state index contributed by atoms with van der Waals surface area (Å²) in [6.45, 7) is 8.12. The molecule has 0 saturated carbocycles. The zero-order valence-corrected chi connectivity index (χ0v) is 21.8. The van der Waals surface area contributed by atoms with Gasteiger partial charge in [0.15, 0.2) is 17.3 Å². The van der Waals surface area contributed by atoms with E-state index in [9.17, 15) is 22.4 Å². The molecule has 1 aliphatic heterocycles. The van der Waals surface area contributed by atoms with Crippen LogP contribution in [0.1, 0.15) is 40.3 Å². The quantitative estimate of drug-likeness (QED) is 0.345. The maximum atomic E-state index is 13.9. The van der Waals surface area contributed by atoms with E-state index in [1.807, 2.05) is 37.8 Å². The van der Waals surface area contributed by atoms with E-state index in [2.05, 4.69) is 20.4 Å². The van der Waals surface area contributed by atoms with E-state index in [1.165, 1.54) is 6.07 Å². The van der Waals surface area contributed by atoms with Gasteiger partial charge in [-0.2, -0.15) is 22.8 Å². The number of amides is 1. The standard InChI is InChI=1S/C26H28F4N8O/c1-16-20(17(2)37(33-16)24-8-7-23-32-31-18(3)38(23)34-24)5-9-25(39)36-12-10-35(11-13-36)15-19-4-6-21(22(27)14-19)26(28,29)30/h4,6-8,14H,5,9-13,15H2,1-3H3. The Kier molecular flexibility index (Phi) is 7.10. The third kappa shape index (κ3) is 5.49. The van der Waals surface area contributed by atoms with Crippen LogP contribution in [0.5, 0.6) is 0 Å². The largest absolute Gasteiger partial charge is 0.419 e. The molecule has 0 aliphatic carbocycles. The number of aromatic nitrogens is 6. The highest BCUT2D eigenvalue weighted by Crippen LogP contribution is 2.31. The summed E-state index contributed by atoms with van der Waals surface area (Å²) in [4.78, 5) is 16.8. The number of aryl methyl sites for hydroxylation is 2. The van der Waals surface area contributed by atoms with Gasteiger partial charge in [0, 0.05) is 44.8 Å². The Balaban J connectivity index is 1.17. The minimum absolute atomic E-state index is 0.0291. The van der Waals surface area contributed by atoms with E-state index >= 15 is 0 Å². The van der Waals surface area contributed by atoms with E-state index < -0.39 is 17.6 Å². The molecule has 0 spiro atoms. The maximum Gasteiger partial charge on any atom is 0.419 e. The average molecular weight is 545 g/mol. The minimum Gasteiger partial charge on any atom is -0.340 e. The fraction of sp³-hybridized carbons (Fsp3) is 0.423. The summed E-state index contributed by atoms with van der Waals surface area (Å²) < 4.78 is 55.7. The van der Waals surface area contributed by atoms with E-state index in [4.69, 9.17) is 0 Å². The maximum absolute atomic E-state index is 13.9. The van der Waals surface area contributed by atoms with Crippen LogP contribution in [0, 0.1) is 26.6 Å². The number of benzene rings is 1. The normalized spacial score (nSPS) is 14.9. The number of alkyl halides is 3. The van der Waals surface area contributed by atoms with Crippen LogP contribution < -0.4 is 0 Å². The highest BCUT2D eigenvalue weighted by molar-refractivity contribution is 5.76. The predicted molar refractivity (Wildman–Crippen MR) is 134 cm³/mol. The Labute approximate surface area is 222 Å². The first-order valence-electron chi connectivity index (χ1n) is 12.6. The molecule has 3 aromatic heterocycles. The molecule has 1 aliphatic rings. The Hall–Kier alpha value is -3.87. The Morgan fingerprint density at radius 3 is 2.41 bits per heavy atom. The first-order valence-corrected chi connectivity index (χ1v) is 12.6. The zero-order chi connectivity index (χ0) is 27.9. The molecule has 4 heterocycles. The molecule has 206 valence electrons. The van der Waals surface area contributed by atoms with Crippen molar-refractivity contribution in [1.82, 2.24) is 39.4 Å². The highest BCUT2D eigenvalue weighted by Gasteiger charge is 2.34. The molecule has 0 unspecified atom stereocenters. The lowest BCUT2D eigenvalue weighted by Crippen LogP contribution is -2.48. The van der Waals surface area contributed by atoms with Crippen LogP contribution in [0.3, 0.4) is 0 Å². The zero-order valence-electron chi connectivity index (χ0n) is 21.8. The van der Waals surface area contributed by atoms with Crippen molar-refractivity contribution in [2.45, 2.75) is 46.3 Å². The highest BCUT2D eigenvalue weighted by atomic mass is 19.4. The van der Waals surface area contributed by atoms with Crippen molar-refractivity contribution in [3.05, 3.63) is 70.1 Å². The molecule has 1 fully saturated rings. The molecule has 1 aromatic carbocycles. The Bertz CT molecular complexity index is 1520. The van der Waals surface area contributed by atoms with Gasteiger partial charge in [0.2, 0.25) is 5.91 Å². The summed E-state index contributed by atoms with van der Waals surface area (Å²) in [5, 5.41) is 17.3. The summed E-state index contributed by atoms with van der Waals surface area (Å²) in [6.07, 6.45) is -3.85. The second-order valence-electron chi connectivity index (χ2n) is 9.74. The van der Waals surface area contributed by atoms with Crippen molar-refractivity contribution in [1.29, 1.82) is 0 Å². The van der Waals surface area contributed by atoms with Gasteiger partial charge in [0.1, 0.15) is 5.82 Å². The van der Waals surface area contributed by atoms with Crippen molar-refractivity contribution in [3.8, 4) is 5.82 Å². The fourth-order valence-electron chi connectivity index (χ4n) is 4.95. The molecule has 0 bridgehead atoms. The third-order valence-corrected chi connectivity index (χ3v) is 7.12. The molecule has 1 saturated heterocycles. The number of carbonyl (C=O) groups is 1. The van der Waals surface area contributed by atoms with Crippen LogP contribution in [-0.4, -0.2) is 71.5 Å². The molecule has 1 amide bonds. The summed E-state index contributed by atoms with van der Waals surface area (Å²) in [7, 11) is 0. The number of hydrogen-bond acceptors (Lipinski definition) is 6. The van der Waals surface area contributed by atoms with Gasteiger partial charge in [-0.3, -0.25) is 9.69 Å². The van der Waals surface area contributed by atoms with Crippen molar-refractivity contribution in [2.75, 3.05) is 26.2 Å². The Morgan fingerprint density at radius 1 is 0.974 bits per heavy atom. The van der Waals surface area contributed by atoms with E-state index in [0.717, 1.165) is 29.1 Å². The van der Waals surface area contributed by atoms with E-state index in [-0.39, 0.29) is 5.91 Å². The van der Waals surface area contributed by atoms with Gasteiger partial charge >= 0.3 is 6.18 Å².